The average Bonchev–Trinajstić information content (AvgIpc) is 2.61. The van der Waals surface area contributed by atoms with Crippen LogP contribution in [0, 0.1) is 0 Å². The smallest absolute Gasteiger partial charge is 0.158 e. The predicted molar refractivity (Wildman–Crippen MR) is 90.9 cm³/mol. The lowest BCUT2D eigenvalue weighted by molar-refractivity contribution is -0.173. The average molecular weight is 385 g/mol. The topological polar surface area (TPSA) is 36.9 Å². The van der Waals surface area contributed by atoms with Crippen LogP contribution in [0.5, 0.6) is 0 Å². The Morgan fingerprint density at radius 1 is 0.913 bits per heavy atom. The van der Waals surface area contributed by atoms with Gasteiger partial charge in [-0.25, -0.2) is 0 Å². The molecule has 5 heteroatoms. The second-order valence-corrected chi connectivity index (χ2v) is 6.95. The first-order valence-electron chi connectivity index (χ1n) is 8.55. The maximum atomic E-state index is 5.94. The fourth-order valence-corrected chi connectivity index (χ4v) is 3.47. The van der Waals surface area contributed by atoms with Crippen molar-refractivity contribution in [3.05, 3.63) is 33.8 Å². The van der Waals surface area contributed by atoms with Gasteiger partial charge >= 0.3 is 0 Å². The van der Waals surface area contributed by atoms with Gasteiger partial charge in [0.25, 0.3) is 0 Å². The molecule has 0 spiro atoms. The van der Waals surface area contributed by atoms with Crippen molar-refractivity contribution < 1.29 is 18.9 Å². The van der Waals surface area contributed by atoms with E-state index in [0.29, 0.717) is 13.2 Å². The maximum absolute atomic E-state index is 5.94. The Bertz CT molecular complexity index is 482. The number of halogens is 1. The third kappa shape index (κ3) is 5.26. The van der Waals surface area contributed by atoms with Gasteiger partial charge in [0, 0.05) is 17.7 Å². The third-order valence-corrected chi connectivity index (χ3v) is 5.07. The van der Waals surface area contributed by atoms with Gasteiger partial charge in [0.1, 0.15) is 0 Å². The molecule has 0 aliphatic carbocycles. The summed E-state index contributed by atoms with van der Waals surface area (Å²) in [7, 11) is 0. The van der Waals surface area contributed by atoms with Gasteiger partial charge in [-0.1, -0.05) is 28.1 Å². The molecule has 23 heavy (non-hydrogen) atoms. The molecular weight excluding hydrogens is 360 g/mol. The lowest BCUT2D eigenvalue weighted by atomic mass is 10.1. The van der Waals surface area contributed by atoms with Crippen LogP contribution in [0.15, 0.2) is 22.7 Å². The zero-order valence-corrected chi connectivity index (χ0v) is 15.1. The summed E-state index contributed by atoms with van der Waals surface area (Å²) in [6.45, 7) is 2.69. The number of hydrogen-bond acceptors (Lipinski definition) is 4. The Labute approximate surface area is 146 Å². The summed E-state index contributed by atoms with van der Waals surface area (Å²) < 4.78 is 24.2. The lowest BCUT2D eigenvalue weighted by Crippen LogP contribution is -2.23. The molecule has 3 rings (SSSR count). The highest BCUT2D eigenvalue weighted by Gasteiger charge is 2.18. The van der Waals surface area contributed by atoms with E-state index in [1.807, 2.05) is 12.1 Å². The molecule has 0 saturated carbocycles. The summed E-state index contributed by atoms with van der Waals surface area (Å²) in [5.74, 6) is 0. The first-order valence-corrected chi connectivity index (χ1v) is 9.35. The van der Waals surface area contributed by atoms with Crippen LogP contribution >= 0.6 is 15.9 Å². The second-order valence-electron chi connectivity index (χ2n) is 6.09. The molecule has 0 radical (unpaired) electrons. The van der Waals surface area contributed by atoms with Crippen LogP contribution in [0.25, 0.3) is 0 Å². The fourth-order valence-electron chi connectivity index (χ4n) is 2.94. The maximum Gasteiger partial charge on any atom is 0.158 e. The van der Waals surface area contributed by atoms with Crippen molar-refractivity contribution in [1.29, 1.82) is 0 Å². The largest absolute Gasteiger partial charge is 0.353 e. The van der Waals surface area contributed by atoms with Gasteiger partial charge in [-0.15, -0.1) is 0 Å². The van der Waals surface area contributed by atoms with Crippen LogP contribution in [0.4, 0.5) is 0 Å². The minimum Gasteiger partial charge on any atom is -0.353 e. The van der Waals surface area contributed by atoms with E-state index in [9.17, 15) is 0 Å². The molecule has 128 valence electrons. The molecule has 0 bridgehead atoms. The van der Waals surface area contributed by atoms with E-state index in [2.05, 4.69) is 22.0 Å². The first-order chi connectivity index (χ1) is 11.3. The monoisotopic (exact) mass is 384 g/mol. The number of benzene rings is 1. The summed E-state index contributed by atoms with van der Waals surface area (Å²) in [6.07, 6.45) is 6.44. The zero-order chi connectivity index (χ0) is 15.9. The van der Waals surface area contributed by atoms with Gasteiger partial charge in [-0.05, 0) is 55.7 Å². The molecule has 0 aromatic heterocycles. The van der Waals surface area contributed by atoms with Crippen molar-refractivity contribution >= 4 is 15.9 Å². The Morgan fingerprint density at radius 2 is 1.57 bits per heavy atom. The highest BCUT2D eigenvalue weighted by atomic mass is 79.9. The van der Waals surface area contributed by atoms with Crippen LogP contribution < -0.4 is 0 Å². The van der Waals surface area contributed by atoms with Crippen LogP contribution in [0.3, 0.4) is 0 Å². The Balaban J connectivity index is 1.57. The summed E-state index contributed by atoms with van der Waals surface area (Å²) in [6, 6.07) is 6.17. The molecule has 2 atom stereocenters. The van der Waals surface area contributed by atoms with Gasteiger partial charge in [-0.2, -0.15) is 0 Å². The van der Waals surface area contributed by atoms with Crippen LogP contribution in [-0.4, -0.2) is 25.8 Å². The van der Waals surface area contributed by atoms with Gasteiger partial charge in [-0.3, -0.25) is 0 Å². The summed E-state index contributed by atoms with van der Waals surface area (Å²) in [5.41, 5.74) is 2.28. The van der Waals surface area contributed by atoms with E-state index in [1.165, 1.54) is 12.8 Å². The van der Waals surface area contributed by atoms with Crippen molar-refractivity contribution in [2.24, 2.45) is 0 Å². The molecule has 2 fully saturated rings. The van der Waals surface area contributed by atoms with Gasteiger partial charge < -0.3 is 18.9 Å². The van der Waals surface area contributed by atoms with Crippen LogP contribution in [-0.2, 0) is 32.2 Å². The number of ether oxygens (including phenoxy) is 4. The summed E-state index contributed by atoms with van der Waals surface area (Å²) >= 11 is 3.63. The highest BCUT2D eigenvalue weighted by Crippen LogP contribution is 2.25. The Hall–Kier alpha value is -0.460. The molecule has 1 aromatic rings. The van der Waals surface area contributed by atoms with Gasteiger partial charge in [0.05, 0.1) is 13.2 Å². The van der Waals surface area contributed by atoms with Crippen molar-refractivity contribution in [2.75, 3.05) is 13.2 Å². The van der Waals surface area contributed by atoms with E-state index < -0.39 is 0 Å². The van der Waals surface area contributed by atoms with E-state index in [-0.39, 0.29) is 12.6 Å². The van der Waals surface area contributed by atoms with Crippen molar-refractivity contribution in [1.82, 2.24) is 0 Å². The van der Waals surface area contributed by atoms with E-state index in [1.54, 1.807) is 0 Å². The lowest BCUT2D eigenvalue weighted by Gasteiger charge is -2.25. The molecule has 2 heterocycles. The molecular formula is C18H25BrO4. The Morgan fingerprint density at radius 3 is 2.17 bits per heavy atom. The molecule has 0 N–H and O–H groups in total. The normalized spacial score (nSPS) is 25.4. The zero-order valence-electron chi connectivity index (χ0n) is 13.5. The molecule has 2 saturated heterocycles. The summed E-state index contributed by atoms with van der Waals surface area (Å²) in [4.78, 5) is 0. The van der Waals surface area contributed by atoms with E-state index in [0.717, 1.165) is 54.5 Å². The van der Waals surface area contributed by atoms with Crippen LogP contribution in [0.2, 0.25) is 0 Å². The fraction of sp³-hybridized carbons (Fsp3) is 0.667. The quantitative estimate of drug-likeness (QED) is 0.721. The minimum atomic E-state index is -0.0775. The van der Waals surface area contributed by atoms with E-state index >= 15 is 0 Å². The highest BCUT2D eigenvalue weighted by molar-refractivity contribution is 9.10. The second kappa shape index (κ2) is 9.14. The van der Waals surface area contributed by atoms with Gasteiger partial charge in [0.15, 0.2) is 12.6 Å². The number of hydrogen-bond donors (Lipinski definition) is 0. The third-order valence-electron chi connectivity index (χ3n) is 4.33. The standard InChI is InChI=1S/C18H25BrO4/c19-16-7-5-6-14(12-22-17-8-1-3-10-20-17)15(16)13-23-18-9-2-4-11-21-18/h5-7,17-18H,1-4,8-13H2. The molecule has 2 aliphatic rings. The summed E-state index contributed by atoms with van der Waals surface area (Å²) in [5, 5.41) is 0. The molecule has 0 amide bonds. The van der Waals surface area contributed by atoms with Crippen molar-refractivity contribution in [3.63, 3.8) is 0 Å². The molecule has 1 aromatic carbocycles. The first kappa shape index (κ1) is 17.4. The number of rotatable bonds is 6. The Kier molecular flexibility index (Phi) is 6.90. The predicted octanol–water partition coefficient (Wildman–Crippen LogP) is 4.54. The van der Waals surface area contributed by atoms with Crippen LogP contribution in [0.1, 0.15) is 49.7 Å². The molecule has 2 unspecified atom stereocenters. The van der Waals surface area contributed by atoms with Crippen molar-refractivity contribution in [2.45, 2.75) is 64.3 Å². The van der Waals surface area contributed by atoms with E-state index in [4.69, 9.17) is 18.9 Å². The SMILES string of the molecule is Brc1cccc(COC2CCCCO2)c1COC1CCCCO1. The minimum absolute atomic E-state index is 0.0711. The van der Waals surface area contributed by atoms with Crippen molar-refractivity contribution in [3.8, 4) is 0 Å². The molecule has 2 aliphatic heterocycles. The molecule has 4 nitrogen and oxygen atoms in total. The van der Waals surface area contributed by atoms with Gasteiger partial charge in [0.2, 0.25) is 0 Å².